The summed E-state index contributed by atoms with van der Waals surface area (Å²) in [6, 6.07) is 7.57. The number of hydrogen-bond donors (Lipinski definition) is 0. The maximum absolute atomic E-state index is 13.9. The summed E-state index contributed by atoms with van der Waals surface area (Å²) in [5.74, 6) is 0.477. The van der Waals surface area contributed by atoms with Crippen molar-refractivity contribution in [2.45, 2.75) is 91.5 Å². The van der Waals surface area contributed by atoms with Crippen LogP contribution in [0.1, 0.15) is 66.7 Å². The zero-order valence-corrected chi connectivity index (χ0v) is 23.6. The summed E-state index contributed by atoms with van der Waals surface area (Å²) in [7, 11) is -0.557. The van der Waals surface area contributed by atoms with Crippen LogP contribution >= 0.6 is 0 Å². The van der Waals surface area contributed by atoms with Gasteiger partial charge in [0.15, 0.2) is 14.6 Å². The molecule has 0 saturated carbocycles. The predicted octanol–water partition coefficient (Wildman–Crippen LogP) is 5.96. The van der Waals surface area contributed by atoms with E-state index in [4.69, 9.17) is 18.6 Å². The fourth-order valence-corrected chi connectivity index (χ4v) is 5.66. The minimum atomic E-state index is -2.18. The summed E-state index contributed by atoms with van der Waals surface area (Å²) in [6.45, 7) is 19.0. The van der Waals surface area contributed by atoms with Crippen molar-refractivity contribution in [1.82, 2.24) is 0 Å². The molecule has 1 aromatic rings. The Labute approximate surface area is 206 Å². The molecular weight excluding hydrogens is 448 g/mol. The Kier molecular flexibility index (Phi) is 9.30. The first-order valence-corrected chi connectivity index (χ1v) is 15.1. The topological polar surface area (TPSA) is 71.1 Å². The minimum absolute atomic E-state index is 0.0250. The van der Waals surface area contributed by atoms with Gasteiger partial charge in [-0.05, 0) is 30.3 Å². The van der Waals surface area contributed by atoms with E-state index in [-0.39, 0.29) is 35.2 Å². The van der Waals surface area contributed by atoms with E-state index in [1.807, 2.05) is 52.0 Å². The maximum atomic E-state index is 13.9. The summed E-state index contributed by atoms with van der Waals surface area (Å²) >= 11 is 0. The molecule has 7 heteroatoms. The summed E-state index contributed by atoms with van der Waals surface area (Å²) in [4.78, 5) is 25.4. The molecule has 5 atom stereocenters. The molecule has 0 amide bonds. The highest BCUT2D eigenvalue weighted by Crippen LogP contribution is 2.42. The van der Waals surface area contributed by atoms with Crippen LogP contribution in [0.3, 0.4) is 0 Å². The van der Waals surface area contributed by atoms with Gasteiger partial charge >= 0.3 is 0 Å². The quantitative estimate of drug-likeness (QED) is 0.297. The molecule has 1 aliphatic rings. The molecule has 0 unspecified atom stereocenters. The van der Waals surface area contributed by atoms with Gasteiger partial charge in [-0.25, -0.2) is 0 Å². The van der Waals surface area contributed by atoms with Crippen LogP contribution in [0.25, 0.3) is 0 Å². The van der Waals surface area contributed by atoms with E-state index in [9.17, 15) is 9.59 Å². The monoisotopic (exact) mass is 492 g/mol. The van der Waals surface area contributed by atoms with E-state index in [1.54, 1.807) is 7.11 Å². The highest BCUT2D eigenvalue weighted by Gasteiger charge is 2.48. The van der Waals surface area contributed by atoms with E-state index < -0.39 is 26.1 Å². The first kappa shape index (κ1) is 28.7. The van der Waals surface area contributed by atoms with Crippen LogP contribution in [0, 0.1) is 17.3 Å². The van der Waals surface area contributed by atoms with Gasteiger partial charge in [0, 0.05) is 29.2 Å². The van der Waals surface area contributed by atoms with Gasteiger partial charge in [0.2, 0.25) is 0 Å². The molecule has 0 aromatic heterocycles. The van der Waals surface area contributed by atoms with E-state index in [2.05, 4.69) is 33.9 Å². The second kappa shape index (κ2) is 11.0. The number of rotatable bonds is 10. The number of Topliss-reactive ketones (excluding diaryl/α,β-unsaturated/α-hetero) is 1. The van der Waals surface area contributed by atoms with Crippen molar-refractivity contribution in [2.75, 3.05) is 13.7 Å². The van der Waals surface area contributed by atoms with Crippen LogP contribution in [-0.4, -0.2) is 46.3 Å². The zero-order valence-electron chi connectivity index (χ0n) is 22.6. The van der Waals surface area contributed by atoms with Crippen molar-refractivity contribution in [3.63, 3.8) is 0 Å². The van der Waals surface area contributed by atoms with E-state index in [0.29, 0.717) is 6.61 Å². The van der Waals surface area contributed by atoms with Crippen LogP contribution in [-0.2, 0) is 23.5 Å². The van der Waals surface area contributed by atoms with Crippen molar-refractivity contribution in [1.29, 1.82) is 0 Å². The lowest BCUT2D eigenvalue weighted by Crippen LogP contribution is -2.53. The number of benzene rings is 1. The summed E-state index contributed by atoms with van der Waals surface area (Å²) in [6.07, 6.45) is -0.271. The lowest BCUT2D eigenvalue weighted by atomic mass is 9.73. The van der Waals surface area contributed by atoms with E-state index in [0.717, 1.165) is 17.6 Å². The average Bonchev–Trinajstić information content (AvgIpc) is 2.77. The highest BCUT2D eigenvalue weighted by molar-refractivity contribution is 6.74. The number of carbonyl (C=O) groups is 2. The number of aldehydes is 1. The lowest BCUT2D eigenvalue weighted by molar-refractivity contribution is -0.248. The maximum Gasteiger partial charge on any atom is 0.192 e. The van der Waals surface area contributed by atoms with Gasteiger partial charge in [-0.3, -0.25) is 4.79 Å². The molecular formula is C27H44O6Si. The van der Waals surface area contributed by atoms with Gasteiger partial charge in [0.25, 0.3) is 0 Å². The molecule has 2 rings (SSSR count). The van der Waals surface area contributed by atoms with Crippen molar-refractivity contribution < 1.29 is 28.2 Å². The number of ketones is 1. The number of methoxy groups -OCH3 is 1. The van der Waals surface area contributed by atoms with Crippen molar-refractivity contribution in [2.24, 2.45) is 17.3 Å². The zero-order chi connectivity index (χ0) is 25.9. The fourth-order valence-electron chi connectivity index (χ4n) is 4.20. The van der Waals surface area contributed by atoms with Crippen molar-refractivity contribution in [3.8, 4) is 5.75 Å². The molecule has 34 heavy (non-hydrogen) atoms. The molecule has 0 N–H and O–H groups in total. The number of carbonyl (C=O) groups excluding carboxylic acids is 2. The van der Waals surface area contributed by atoms with Crippen molar-refractivity contribution >= 4 is 20.4 Å². The van der Waals surface area contributed by atoms with Crippen LogP contribution in [0.15, 0.2) is 24.3 Å². The van der Waals surface area contributed by atoms with Crippen LogP contribution < -0.4 is 4.74 Å². The van der Waals surface area contributed by atoms with Gasteiger partial charge < -0.3 is 23.4 Å². The molecule has 0 bridgehead atoms. The number of ether oxygens (including phenoxy) is 3. The smallest absolute Gasteiger partial charge is 0.192 e. The molecule has 192 valence electrons. The second-order valence-corrected chi connectivity index (χ2v) is 16.4. The second-order valence-electron chi connectivity index (χ2n) is 11.7. The third-order valence-corrected chi connectivity index (χ3v) is 12.1. The van der Waals surface area contributed by atoms with E-state index >= 15 is 0 Å². The summed E-state index contributed by atoms with van der Waals surface area (Å²) in [5, 5.41) is -0.0250. The third-order valence-electron chi connectivity index (χ3n) is 7.64. The van der Waals surface area contributed by atoms with Crippen LogP contribution in [0.2, 0.25) is 18.1 Å². The molecule has 1 heterocycles. The average molecular weight is 493 g/mol. The van der Waals surface area contributed by atoms with Gasteiger partial charge in [-0.2, -0.15) is 0 Å². The Balaban J connectivity index is 2.23. The van der Waals surface area contributed by atoms with Gasteiger partial charge in [0.05, 0.1) is 25.9 Å². The third kappa shape index (κ3) is 6.36. The van der Waals surface area contributed by atoms with Crippen LogP contribution in [0.5, 0.6) is 5.75 Å². The molecule has 6 nitrogen and oxygen atoms in total. The van der Waals surface area contributed by atoms with Gasteiger partial charge in [0.1, 0.15) is 17.8 Å². The molecule has 0 radical (unpaired) electrons. The summed E-state index contributed by atoms with van der Waals surface area (Å²) in [5.41, 5.74) is 0.0454. The Morgan fingerprint density at radius 2 is 1.76 bits per heavy atom. The van der Waals surface area contributed by atoms with Crippen molar-refractivity contribution in [3.05, 3.63) is 29.8 Å². The standard InChI is InChI=1S/C27H44O6Si/c1-18-17-31-25(20-11-13-21(30-8)14-12-20)32-23(18)19(2)24(29)27(6,7)22(15-16-28)33-34(9,10)26(3,4)5/h11-14,16,18-19,22-23,25H,15,17H2,1-10H3/t18-,19+,22-,23-,25-/m0/s1. The van der Waals surface area contributed by atoms with Gasteiger partial charge in [-0.15, -0.1) is 0 Å². The Hall–Kier alpha value is -1.54. The van der Waals surface area contributed by atoms with Crippen LogP contribution in [0.4, 0.5) is 0 Å². The first-order valence-electron chi connectivity index (χ1n) is 12.2. The fraction of sp³-hybridized carbons (Fsp3) is 0.704. The highest BCUT2D eigenvalue weighted by atomic mass is 28.4. The molecule has 1 saturated heterocycles. The molecule has 0 spiro atoms. The molecule has 1 aliphatic heterocycles. The molecule has 1 aromatic carbocycles. The molecule has 0 aliphatic carbocycles. The largest absolute Gasteiger partial charge is 0.497 e. The Bertz CT molecular complexity index is 827. The molecule has 1 fully saturated rings. The number of hydrogen-bond acceptors (Lipinski definition) is 6. The Morgan fingerprint density at radius 1 is 1.18 bits per heavy atom. The van der Waals surface area contributed by atoms with E-state index in [1.165, 1.54) is 0 Å². The first-order chi connectivity index (χ1) is 15.7. The Morgan fingerprint density at radius 3 is 2.26 bits per heavy atom. The summed E-state index contributed by atoms with van der Waals surface area (Å²) < 4.78 is 24.1. The normalized spacial score (nSPS) is 23.8. The van der Waals surface area contributed by atoms with Gasteiger partial charge in [-0.1, -0.05) is 60.6 Å². The minimum Gasteiger partial charge on any atom is -0.497 e. The predicted molar refractivity (Wildman–Crippen MR) is 136 cm³/mol. The lowest BCUT2D eigenvalue weighted by Gasteiger charge is -2.45. The SMILES string of the molecule is COc1ccc([C@H]2OC[C@H](C)[C@@H]([C@@H](C)C(=O)C(C)(C)[C@H](CC=O)O[Si](C)(C)C(C)(C)C)O2)cc1.